The van der Waals surface area contributed by atoms with Crippen LogP contribution < -0.4 is 0 Å². The van der Waals surface area contributed by atoms with Crippen LogP contribution in [0.2, 0.25) is 0 Å². The Labute approximate surface area is 167 Å². The fourth-order valence-electron chi connectivity index (χ4n) is 3.27. The van der Waals surface area contributed by atoms with Gasteiger partial charge >= 0.3 is 0 Å². The third-order valence-corrected chi connectivity index (χ3v) is 4.69. The second kappa shape index (κ2) is 8.15. The molecule has 0 radical (unpaired) electrons. The van der Waals surface area contributed by atoms with E-state index in [0.717, 1.165) is 12.0 Å². The minimum Gasteiger partial charge on any atom is -0.234 e. The molecule has 0 aliphatic carbocycles. The van der Waals surface area contributed by atoms with Crippen LogP contribution >= 0.6 is 0 Å². The highest BCUT2D eigenvalue weighted by atomic mass is 19.1. The summed E-state index contributed by atoms with van der Waals surface area (Å²) >= 11 is 0. The molecule has 0 amide bonds. The van der Waals surface area contributed by atoms with Crippen LogP contribution in [-0.4, -0.2) is 25.0 Å². The van der Waals surface area contributed by atoms with Crippen LogP contribution in [0.5, 0.6) is 0 Å². The van der Waals surface area contributed by atoms with Crippen molar-refractivity contribution in [2.75, 3.05) is 0 Å². The maximum atomic E-state index is 13.4. The van der Waals surface area contributed by atoms with Crippen molar-refractivity contribution in [1.82, 2.24) is 25.0 Å². The van der Waals surface area contributed by atoms with Crippen molar-refractivity contribution in [3.05, 3.63) is 83.1 Å². The van der Waals surface area contributed by atoms with Gasteiger partial charge < -0.3 is 0 Å². The first-order valence-electron chi connectivity index (χ1n) is 9.48. The van der Waals surface area contributed by atoms with Gasteiger partial charge in [0.05, 0.1) is 18.3 Å². The molecule has 2 heterocycles. The molecule has 0 unspecified atom stereocenters. The molecule has 0 N–H and O–H groups in total. The zero-order valence-electron chi connectivity index (χ0n) is 16.0. The Hall–Kier alpha value is -3.66. The summed E-state index contributed by atoms with van der Waals surface area (Å²) in [6.07, 6.45) is 1.56. The molecule has 0 spiro atoms. The zero-order chi connectivity index (χ0) is 20.2. The van der Waals surface area contributed by atoms with Gasteiger partial charge in [-0.3, -0.25) is 0 Å². The second-order valence-corrected chi connectivity index (χ2v) is 6.79. The van der Waals surface area contributed by atoms with Gasteiger partial charge in [-0.1, -0.05) is 54.6 Å². The first-order chi connectivity index (χ1) is 14.2. The molecule has 0 bridgehead atoms. The Morgan fingerprint density at radius 2 is 1.83 bits per heavy atom. The van der Waals surface area contributed by atoms with Crippen molar-refractivity contribution in [3.8, 4) is 6.07 Å². The molecular weight excluding hydrogens is 367 g/mol. The minimum absolute atomic E-state index is 0.348. The smallest absolute Gasteiger partial charge is 0.182 e. The summed E-state index contributed by atoms with van der Waals surface area (Å²) in [5.74, 6) is -0.383. The van der Waals surface area contributed by atoms with E-state index in [1.54, 1.807) is 16.8 Å². The third-order valence-electron chi connectivity index (χ3n) is 4.69. The van der Waals surface area contributed by atoms with Crippen molar-refractivity contribution < 1.29 is 4.39 Å². The van der Waals surface area contributed by atoms with Gasteiger partial charge in [0.25, 0.3) is 0 Å². The third kappa shape index (κ3) is 3.83. The molecule has 29 heavy (non-hydrogen) atoms. The Morgan fingerprint density at radius 1 is 1.07 bits per heavy atom. The molecule has 144 valence electrons. The summed E-state index contributed by atoms with van der Waals surface area (Å²) in [4.78, 5) is 9.30. The average molecular weight is 386 g/mol. The lowest BCUT2D eigenvalue weighted by Gasteiger charge is -2.11. The summed E-state index contributed by atoms with van der Waals surface area (Å²) in [5, 5.41) is 18.4. The lowest BCUT2D eigenvalue weighted by Crippen LogP contribution is -2.09. The van der Waals surface area contributed by atoms with E-state index in [2.05, 4.69) is 33.3 Å². The number of hydrogen-bond donors (Lipinski definition) is 0. The van der Waals surface area contributed by atoms with Crippen LogP contribution in [0.1, 0.15) is 41.9 Å². The van der Waals surface area contributed by atoms with Gasteiger partial charge in [-0.2, -0.15) is 5.26 Å². The summed E-state index contributed by atoms with van der Waals surface area (Å²) in [6, 6.07) is 18.1. The molecule has 0 aliphatic rings. The Bertz CT molecular complexity index is 1160. The van der Waals surface area contributed by atoms with Crippen LogP contribution in [0.4, 0.5) is 4.39 Å². The molecule has 7 heteroatoms. The molecule has 0 aliphatic heterocycles. The quantitative estimate of drug-likeness (QED) is 0.500. The molecule has 0 saturated carbocycles. The van der Waals surface area contributed by atoms with Crippen LogP contribution in [0, 0.1) is 17.1 Å². The number of fused-ring (bicyclic) bond motifs is 1. The Balaban J connectivity index is 1.84. The first-order valence-corrected chi connectivity index (χ1v) is 9.48. The number of benzene rings is 2. The van der Waals surface area contributed by atoms with Gasteiger partial charge in [0.1, 0.15) is 17.6 Å². The van der Waals surface area contributed by atoms with Crippen molar-refractivity contribution >= 4 is 11.2 Å². The number of aromatic nitrogens is 5. The van der Waals surface area contributed by atoms with E-state index in [4.69, 9.17) is 0 Å². The maximum Gasteiger partial charge on any atom is 0.182 e. The predicted molar refractivity (Wildman–Crippen MR) is 107 cm³/mol. The van der Waals surface area contributed by atoms with Crippen molar-refractivity contribution in [2.24, 2.45) is 0 Å². The summed E-state index contributed by atoms with van der Waals surface area (Å²) in [6.45, 7) is 2.57. The van der Waals surface area contributed by atoms with E-state index in [0.29, 0.717) is 41.2 Å². The van der Waals surface area contributed by atoms with Crippen LogP contribution in [0.25, 0.3) is 11.2 Å². The van der Waals surface area contributed by atoms with Gasteiger partial charge in [0.15, 0.2) is 11.2 Å². The highest BCUT2D eigenvalue weighted by molar-refractivity contribution is 5.74. The second-order valence-electron chi connectivity index (χ2n) is 6.79. The lowest BCUT2D eigenvalue weighted by molar-refractivity contribution is 0.627. The number of rotatable bonds is 6. The normalized spacial score (nSPS) is 12.0. The number of halogens is 1. The summed E-state index contributed by atoms with van der Waals surface area (Å²) in [5.41, 5.74) is 3.34. The van der Waals surface area contributed by atoms with Crippen molar-refractivity contribution in [3.63, 3.8) is 0 Å². The largest absolute Gasteiger partial charge is 0.234 e. The highest BCUT2D eigenvalue weighted by Crippen LogP contribution is 2.28. The predicted octanol–water partition coefficient (Wildman–Crippen LogP) is 4.02. The fourth-order valence-corrected chi connectivity index (χ4v) is 3.27. The van der Waals surface area contributed by atoms with Crippen LogP contribution in [0.15, 0.2) is 54.6 Å². The van der Waals surface area contributed by atoms with Crippen LogP contribution in [-0.2, 0) is 13.0 Å². The van der Waals surface area contributed by atoms with E-state index >= 15 is 0 Å². The Kier molecular flexibility index (Phi) is 5.25. The first kappa shape index (κ1) is 18.7. The molecule has 2 aromatic carbocycles. The van der Waals surface area contributed by atoms with E-state index in [9.17, 15) is 9.65 Å². The van der Waals surface area contributed by atoms with E-state index < -0.39 is 5.92 Å². The van der Waals surface area contributed by atoms with Crippen molar-refractivity contribution in [1.29, 1.82) is 5.26 Å². The number of hydrogen-bond acceptors (Lipinski definition) is 5. The topological polar surface area (TPSA) is 80.3 Å². The zero-order valence-corrected chi connectivity index (χ0v) is 16.0. The minimum atomic E-state index is -0.682. The summed E-state index contributed by atoms with van der Waals surface area (Å²) in [7, 11) is 0. The molecule has 4 aromatic rings. The number of aryl methyl sites for hydroxylation is 1. The fraction of sp³-hybridized carbons (Fsp3) is 0.227. The van der Waals surface area contributed by atoms with E-state index in [1.807, 2.05) is 30.3 Å². The molecule has 2 aromatic heterocycles. The van der Waals surface area contributed by atoms with Crippen LogP contribution in [0.3, 0.4) is 0 Å². The number of nitrogens with zero attached hydrogens (tertiary/aromatic N) is 6. The SMILES string of the molecule is CCCc1nc([C@@H](C#N)c2ccc(F)cc2)c2nnn(Cc3ccccc3)c2n1. The molecular formula is C22H19FN6. The van der Waals surface area contributed by atoms with Gasteiger partial charge in [-0.15, -0.1) is 5.10 Å². The summed E-state index contributed by atoms with van der Waals surface area (Å²) < 4.78 is 15.1. The average Bonchev–Trinajstić information content (AvgIpc) is 3.14. The van der Waals surface area contributed by atoms with E-state index in [1.165, 1.54) is 12.1 Å². The number of nitriles is 1. The molecule has 4 rings (SSSR count). The lowest BCUT2D eigenvalue weighted by atomic mass is 9.96. The molecule has 0 saturated heterocycles. The van der Waals surface area contributed by atoms with Gasteiger partial charge in [0, 0.05) is 6.42 Å². The van der Waals surface area contributed by atoms with Gasteiger partial charge in [-0.05, 0) is 29.7 Å². The molecule has 1 atom stereocenters. The standard InChI is InChI=1S/C22H19FN6/c1-2-6-19-25-20(18(13-24)16-9-11-17(23)12-10-16)21-22(26-19)29(28-27-21)14-15-7-4-3-5-8-15/h3-5,7-12,18H,2,6,14H2,1H3/t18-/m0/s1. The van der Waals surface area contributed by atoms with Crippen molar-refractivity contribution in [2.45, 2.75) is 32.2 Å². The maximum absolute atomic E-state index is 13.4. The van der Waals surface area contributed by atoms with E-state index in [-0.39, 0.29) is 5.82 Å². The van der Waals surface area contributed by atoms with Gasteiger partial charge in [-0.25, -0.2) is 19.0 Å². The van der Waals surface area contributed by atoms with Gasteiger partial charge in [0.2, 0.25) is 0 Å². The Morgan fingerprint density at radius 3 is 2.52 bits per heavy atom. The highest BCUT2D eigenvalue weighted by Gasteiger charge is 2.23. The molecule has 0 fully saturated rings. The monoisotopic (exact) mass is 386 g/mol. The molecule has 6 nitrogen and oxygen atoms in total.